The van der Waals surface area contributed by atoms with Gasteiger partial charge in [0.15, 0.2) is 0 Å². The number of hydrogen-bond acceptors (Lipinski definition) is 0. The Morgan fingerprint density at radius 1 is 0.349 bits per heavy atom. The quantitative estimate of drug-likeness (QED) is 0.152. The molecule has 2 heteroatoms. The number of benzene rings is 9. The fourth-order valence-corrected chi connectivity index (χ4v) is 9.99. The molecule has 1 aliphatic rings. The van der Waals surface area contributed by atoms with Crippen molar-refractivity contribution in [1.82, 2.24) is 9.13 Å². The van der Waals surface area contributed by atoms with Crippen LogP contribution in [0.1, 0.15) is 18.9 Å². The monoisotopic (exact) mass is 804 g/mol. The zero-order valence-corrected chi connectivity index (χ0v) is 35.1. The second kappa shape index (κ2) is 14.9. The summed E-state index contributed by atoms with van der Waals surface area (Å²) < 4.78 is 4.82. The average Bonchev–Trinajstić information content (AvgIpc) is 3.88. The van der Waals surface area contributed by atoms with Crippen LogP contribution in [0, 0.1) is 0 Å². The van der Waals surface area contributed by atoms with Crippen LogP contribution in [0.2, 0.25) is 0 Å². The first-order valence-electron chi connectivity index (χ1n) is 22.0. The molecule has 0 aliphatic heterocycles. The minimum atomic E-state index is -0.218. The zero-order valence-electron chi connectivity index (χ0n) is 35.1. The van der Waals surface area contributed by atoms with Crippen molar-refractivity contribution in [1.29, 1.82) is 0 Å². The van der Waals surface area contributed by atoms with Gasteiger partial charge in [0.25, 0.3) is 0 Å². The van der Waals surface area contributed by atoms with Crippen LogP contribution in [0.15, 0.2) is 237 Å². The number of aromatic nitrogens is 2. The molecule has 0 bridgehead atoms. The molecule has 0 N–H and O–H groups in total. The highest BCUT2D eigenvalue weighted by molar-refractivity contribution is 6.11. The van der Waals surface area contributed by atoms with Crippen LogP contribution in [-0.2, 0) is 5.41 Å². The molecular weight excluding hydrogens is 761 g/mol. The summed E-state index contributed by atoms with van der Waals surface area (Å²) in [6.07, 6.45) is 8.09. The van der Waals surface area contributed by atoms with Crippen molar-refractivity contribution in [3.05, 3.63) is 242 Å². The summed E-state index contributed by atoms with van der Waals surface area (Å²) in [4.78, 5) is 0. The minimum Gasteiger partial charge on any atom is -0.310 e. The molecule has 1 atom stereocenters. The highest BCUT2D eigenvalue weighted by Crippen LogP contribution is 2.43. The lowest BCUT2D eigenvalue weighted by atomic mass is 9.75. The Hall–Kier alpha value is -7.94. The van der Waals surface area contributed by atoms with Crippen LogP contribution in [-0.4, -0.2) is 9.13 Å². The fourth-order valence-electron chi connectivity index (χ4n) is 9.99. The first-order valence-corrected chi connectivity index (χ1v) is 22.0. The van der Waals surface area contributed by atoms with Gasteiger partial charge in [-0.25, -0.2) is 0 Å². The van der Waals surface area contributed by atoms with Gasteiger partial charge in [0.1, 0.15) is 0 Å². The van der Waals surface area contributed by atoms with E-state index in [1.54, 1.807) is 0 Å². The molecule has 0 amide bonds. The van der Waals surface area contributed by atoms with E-state index in [9.17, 15) is 0 Å². The standard InChI is InChI=1S/C61H44N2/c1-61(34-32-52(33-35-61)63-59-26-14-10-22-55(59)56-23-11-15-27-60(56)63)50-40-48(43-18-6-3-7-19-43)39-49(41-50)47-37-45(42-16-4-2-5-17-42)36-46(38-47)44-28-30-51(31-29-44)62-57-24-12-8-20-53(57)54-21-9-13-25-58(54)62/h2-34,36-41H,35H2,1H3. The Bertz CT molecular complexity index is 3480. The smallest absolute Gasteiger partial charge is 0.0541 e. The predicted molar refractivity (Wildman–Crippen MR) is 267 cm³/mol. The van der Waals surface area contributed by atoms with E-state index in [1.165, 1.54) is 99.4 Å². The summed E-state index contributed by atoms with van der Waals surface area (Å²) >= 11 is 0. The van der Waals surface area contributed by atoms with Crippen LogP contribution >= 0.6 is 0 Å². The van der Waals surface area contributed by atoms with E-state index in [2.05, 4.69) is 253 Å². The van der Waals surface area contributed by atoms with Crippen molar-refractivity contribution < 1.29 is 0 Å². The largest absolute Gasteiger partial charge is 0.310 e. The topological polar surface area (TPSA) is 9.86 Å². The molecule has 298 valence electrons. The molecule has 2 heterocycles. The maximum Gasteiger partial charge on any atom is 0.0541 e. The number of nitrogens with zero attached hydrogens (tertiary/aromatic N) is 2. The third-order valence-electron chi connectivity index (χ3n) is 13.3. The molecule has 12 rings (SSSR count). The Kier molecular flexibility index (Phi) is 8.72. The molecule has 1 aliphatic carbocycles. The Labute approximate surface area is 368 Å². The van der Waals surface area contributed by atoms with Crippen molar-refractivity contribution in [2.45, 2.75) is 18.8 Å². The molecular formula is C61H44N2. The lowest BCUT2D eigenvalue weighted by Crippen LogP contribution is -2.21. The van der Waals surface area contributed by atoms with Crippen molar-refractivity contribution in [2.75, 3.05) is 0 Å². The molecule has 0 spiro atoms. The Morgan fingerprint density at radius 3 is 1.16 bits per heavy atom. The molecule has 11 aromatic rings. The zero-order chi connectivity index (χ0) is 41.9. The molecule has 0 saturated carbocycles. The van der Waals surface area contributed by atoms with E-state index >= 15 is 0 Å². The van der Waals surface area contributed by atoms with E-state index in [4.69, 9.17) is 0 Å². The normalized spacial score (nSPS) is 15.1. The summed E-state index contributed by atoms with van der Waals surface area (Å²) in [6.45, 7) is 2.39. The van der Waals surface area contributed by atoms with Gasteiger partial charge >= 0.3 is 0 Å². The molecule has 0 saturated heterocycles. The lowest BCUT2D eigenvalue weighted by molar-refractivity contribution is 0.600. The van der Waals surface area contributed by atoms with Gasteiger partial charge in [-0.2, -0.15) is 0 Å². The van der Waals surface area contributed by atoms with Gasteiger partial charge in [-0.05, 0) is 123 Å². The molecule has 0 radical (unpaired) electrons. The van der Waals surface area contributed by atoms with Crippen molar-refractivity contribution in [3.8, 4) is 50.2 Å². The molecule has 63 heavy (non-hydrogen) atoms. The maximum absolute atomic E-state index is 2.44. The predicted octanol–water partition coefficient (Wildman–Crippen LogP) is 16.3. The van der Waals surface area contributed by atoms with Crippen LogP contribution in [0.3, 0.4) is 0 Å². The van der Waals surface area contributed by atoms with Crippen LogP contribution in [0.4, 0.5) is 0 Å². The number of rotatable bonds is 7. The van der Waals surface area contributed by atoms with Gasteiger partial charge in [-0.15, -0.1) is 0 Å². The Morgan fingerprint density at radius 2 is 0.714 bits per heavy atom. The molecule has 9 aromatic carbocycles. The van der Waals surface area contributed by atoms with Crippen molar-refractivity contribution >= 4 is 49.3 Å². The second-order valence-electron chi connectivity index (χ2n) is 17.2. The van der Waals surface area contributed by atoms with Gasteiger partial charge in [0.05, 0.1) is 22.1 Å². The van der Waals surface area contributed by atoms with Crippen molar-refractivity contribution in [3.63, 3.8) is 0 Å². The van der Waals surface area contributed by atoms with E-state index in [-0.39, 0.29) is 5.41 Å². The number of fused-ring (bicyclic) bond motifs is 6. The highest BCUT2D eigenvalue weighted by Gasteiger charge is 2.28. The van der Waals surface area contributed by atoms with Crippen LogP contribution < -0.4 is 0 Å². The lowest BCUT2D eigenvalue weighted by Gasteiger charge is -2.30. The summed E-state index contributed by atoms with van der Waals surface area (Å²) in [5.74, 6) is 0. The average molecular weight is 805 g/mol. The molecule has 2 nitrogen and oxygen atoms in total. The summed E-state index contributed by atoms with van der Waals surface area (Å²) in [5, 5.41) is 5.11. The highest BCUT2D eigenvalue weighted by atomic mass is 15.0. The first kappa shape index (κ1) is 36.9. The van der Waals surface area contributed by atoms with Gasteiger partial charge in [-0.3, -0.25) is 0 Å². The minimum absolute atomic E-state index is 0.218. The summed E-state index contributed by atoms with van der Waals surface area (Å²) in [5.41, 5.74) is 18.0. The number of allylic oxidation sites excluding steroid dienone is 4. The van der Waals surface area contributed by atoms with E-state index in [1.807, 2.05) is 0 Å². The fraction of sp³-hybridized carbons (Fsp3) is 0.0492. The number of hydrogen-bond donors (Lipinski definition) is 0. The molecule has 0 fully saturated rings. The third-order valence-corrected chi connectivity index (χ3v) is 13.3. The van der Waals surface area contributed by atoms with E-state index < -0.39 is 0 Å². The van der Waals surface area contributed by atoms with Gasteiger partial charge in [0, 0.05) is 38.3 Å². The Balaban J connectivity index is 0.973. The third kappa shape index (κ3) is 6.34. The SMILES string of the molecule is CC1(c2cc(-c3ccccc3)cc(-c3cc(-c4ccccc4)cc(-c4ccc(-n5c6ccccc6c6ccccc65)cc4)c3)c2)C=CC(n2c3ccccc3c3ccccc32)=CC1. The first-order chi connectivity index (χ1) is 31.1. The second-order valence-corrected chi connectivity index (χ2v) is 17.2. The molecule has 2 aromatic heterocycles. The van der Waals surface area contributed by atoms with Gasteiger partial charge < -0.3 is 9.13 Å². The van der Waals surface area contributed by atoms with Gasteiger partial charge in [-0.1, -0.05) is 177 Å². The number of para-hydroxylation sites is 4. The van der Waals surface area contributed by atoms with E-state index in [0.29, 0.717) is 0 Å². The van der Waals surface area contributed by atoms with Gasteiger partial charge in [0.2, 0.25) is 0 Å². The molecule has 1 unspecified atom stereocenters. The summed E-state index contributed by atoms with van der Waals surface area (Å²) in [7, 11) is 0. The maximum atomic E-state index is 2.44. The van der Waals surface area contributed by atoms with Crippen molar-refractivity contribution in [2.24, 2.45) is 0 Å². The summed E-state index contributed by atoms with van der Waals surface area (Å²) in [6, 6.07) is 80.0. The van der Waals surface area contributed by atoms with Crippen LogP contribution in [0.25, 0.3) is 99.5 Å². The van der Waals surface area contributed by atoms with E-state index in [0.717, 1.165) is 12.1 Å². The van der Waals surface area contributed by atoms with Crippen LogP contribution in [0.5, 0.6) is 0 Å².